The Morgan fingerprint density at radius 2 is 1.89 bits per heavy atom. The number of likely N-dealkylation sites (tertiary alicyclic amines) is 1. The van der Waals surface area contributed by atoms with Gasteiger partial charge in [0.15, 0.2) is 5.69 Å². The molecule has 3 aromatic rings. The van der Waals surface area contributed by atoms with Gasteiger partial charge in [0, 0.05) is 37.9 Å². The topological polar surface area (TPSA) is 80.1 Å². The van der Waals surface area contributed by atoms with Crippen LogP contribution in [0.25, 0.3) is 0 Å². The molecule has 0 bridgehead atoms. The second-order valence-electron chi connectivity index (χ2n) is 10.3. The lowest BCUT2D eigenvalue weighted by Gasteiger charge is -2.17. The number of hydrogen-bond donors (Lipinski definition) is 1. The molecule has 2 heterocycles. The zero-order valence-corrected chi connectivity index (χ0v) is 20.8. The van der Waals surface area contributed by atoms with Crippen molar-refractivity contribution < 1.29 is 14.0 Å². The van der Waals surface area contributed by atoms with Crippen molar-refractivity contribution in [2.75, 3.05) is 13.1 Å². The number of carbonyl (C=O) groups is 2. The molecule has 1 saturated heterocycles. The summed E-state index contributed by atoms with van der Waals surface area (Å²) < 4.78 is 15.3. The maximum absolute atomic E-state index is 13.6. The van der Waals surface area contributed by atoms with E-state index in [1.807, 2.05) is 11.0 Å². The van der Waals surface area contributed by atoms with E-state index in [2.05, 4.69) is 53.7 Å². The van der Waals surface area contributed by atoms with E-state index >= 15 is 0 Å². The third kappa shape index (κ3) is 5.48. The van der Waals surface area contributed by atoms with Gasteiger partial charge in [-0.1, -0.05) is 55.5 Å². The molecule has 7 nitrogen and oxygen atoms in total. The fourth-order valence-electron chi connectivity index (χ4n) is 4.86. The Morgan fingerprint density at radius 1 is 1.11 bits per heavy atom. The molecule has 1 aliphatic heterocycles. The van der Waals surface area contributed by atoms with Gasteiger partial charge in [0.1, 0.15) is 5.82 Å². The first-order valence-corrected chi connectivity index (χ1v) is 12.7. The van der Waals surface area contributed by atoms with Gasteiger partial charge in [-0.15, -0.1) is 5.10 Å². The molecule has 188 valence electrons. The van der Waals surface area contributed by atoms with Crippen LogP contribution in [-0.4, -0.2) is 44.8 Å². The van der Waals surface area contributed by atoms with Crippen LogP contribution < -0.4 is 5.32 Å². The molecule has 2 amide bonds. The highest BCUT2D eigenvalue weighted by molar-refractivity contribution is 5.93. The third-order valence-corrected chi connectivity index (χ3v) is 7.04. The number of nitrogens with one attached hydrogen (secondary N) is 1. The Bertz CT molecular complexity index is 1250. The van der Waals surface area contributed by atoms with Gasteiger partial charge < -0.3 is 10.2 Å². The van der Waals surface area contributed by atoms with E-state index in [1.165, 1.54) is 17.7 Å². The number of aromatic nitrogens is 3. The molecule has 5 rings (SSSR count). The normalized spacial score (nSPS) is 17.7. The summed E-state index contributed by atoms with van der Waals surface area (Å²) in [5.41, 5.74) is 4.31. The van der Waals surface area contributed by atoms with E-state index in [0.717, 1.165) is 29.7 Å². The Hall–Kier alpha value is -3.55. The first-order valence-electron chi connectivity index (χ1n) is 12.7. The van der Waals surface area contributed by atoms with Gasteiger partial charge in [-0.25, -0.2) is 9.07 Å². The summed E-state index contributed by atoms with van der Waals surface area (Å²) in [5.74, 6) is 0.331. The lowest BCUT2D eigenvalue weighted by Crippen LogP contribution is -2.32. The van der Waals surface area contributed by atoms with Crippen LogP contribution in [0.5, 0.6) is 0 Å². The van der Waals surface area contributed by atoms with Crippen LogP contribution in [-0.2, 0) is 17.9 Å². The molecule has 1 unspecified atom stereocenters. The average molecular weight is 490 g/mol. The highest BCUT2D eigenvalue weighted by Crippen LogP contribution is 2.41. The molecule has 1 N–H and O–H groups in total. The number of hydrogen-bond acceptors (Lipinski definition) is 4. The summed E-state index contributed by atoms with van der Waals surface area (Å²) in [5, 5.41) is 11.4. The van der Waals surface area contributed by atoms with Gasteiger partial charge in [-0.2, -0.15) is 0 Å². The molecule has 0 radical (unpaired) electrons. The van der Waals surface area contributed by atoms with Crippen molar-refractivity contribution in [3.8, 4) is 0 Å². The molecule has 1 atom stereocenters. The highest BCUT2D eigenvalue weighted by atomic mass is 19.1. The first kappa shape index (κ1) is 24.2. The largest absolute Gasteiger partial charge is 0.350 e. The zero-order chi connectivity index (χ0) is 25.2. The standard InChI is InChI=1S/C28H32FN5O2/c1-18(2)22-8-6-19(7-9-22)15-33-16-21(13-25(33)35)14-30-28(36)26-27(23-10-11-23)34(32-31-26)17-20-4-3-5-24(29)12-20/h3-9,12,18,21,23H,10-11,13-17H2,1-2H3,(H,30,36). The van der Waals surface area contributed by atoms with E-state index in [-0.39, 0.29) is 29.5 Å². The fourth-order valence-corrected chi connectivity index (χ4v) is 4.86. The minimum absolute atomic E-state index is 0.0584. The molecule has 8 heteroatoms. The molecule has 0 spiro atoms. The minimum Gasteiger partial charge on any atom is -0.350 e. The predicted molar refractivity (Wildman–Crippen MR) is 134 cm³/mol. The van der Waals surface area contributed by atoms with Crippen LogP contribution in [0, 0.1) is 11.7 Å². The number of rotatable bonds is 9. The summed E-state index contributed by atoms with van der Waals surface area (Å²) in [6, 6.07) is 14.8. The lowest BCUT2D eigenvalue weighted by atomic mass is 10.0. The van der Waals surface area contributed by atoms with Crippen molar-refractivity contribution in [3.63, 3.8) is 0 Å². The van der Waals surface area contributed by atoms with Crippen molar-refractivity contribution in [2.45, 2.75) is 58.0 Å². The second-order valence-corrected chi connectivity index (χ2v) is 10.3. The van der Waals surface area contributed by atoms with E-state index in [4.69, 9.17) is 0 Å². The van der Waals surface area contributed by atoms with Crippen LogP contribution >= 0.6 is 0 Å². The highest BCUT2D eigenvalue weighted by Gasteiger charge is 2.35. The van der Waals surface area contributed by atoms with Crippen molar-refractivity contribution in [1.82, 2.24) is 25.2 Å². The summed E-state index contributed by atoms with van der Waals surface area (Å²) in [7, 11) is 0. The summed E-state index contributed by atoms with van der Waals surface area (Å²) in [6.45, 7) is 6.31. The van der Waals surface area contributed by atoms with Crippen molar-refractivity contribution in [3.05, 3.63) is 82.4 Å². The van der Waals surface area contributed by atoms with E-state index in [0.29, 0.717) is 44.2 Å². The predicted octanol–water partition coefficient (Wildman–Crippen LogP) is 4.24. The van der Waals surface area contributed by atoms with Crippen LogP contribution in [0.15, 0.2) is 48.5 Å². The molecule has 1 saturated carbocycles. The molecule has 2 aromatic carbocycles. The molecule has 1 aromatic heterocycles. The molecular weight excluding hydrogens is 457 g/mol. The monoisotopic (exact) mass is 489 g/mol. The van der Waals surface area contributed by atoms with Crippen molar-refractivity contribution >= 4 is 11.8 Å². The summed E-state index contributed by atoms with van der Waals surface area (Å²) in [6.07, 6.45) is 2.40. The maximum Gasteiger partial charge on any atom is 0.273 e. The van der Waals surface area contributed by atoms with Gasteiger partial charge in [0.2, 0.25) is 5.91 Å². The zero-order valence-electron chi connectivity index (χ0n) is 20.8. The fraction of sp³-hybridized carbons (Fsp3) is 0.429. The van der Waals surface area contributed by atoms with E-state index in [9.17, 15) is 14.0 Å². The van der Waals surface area contributed by atoms with Crippen LogP contribution in [0.4, 0.5) is 4.39 Å². The lowest BCUT2D eigenvalue weighted by molar-refractivity contribution is -0.128. The summed E-state index contributed by atoms with van der Waals surface area (Å²) >= 11 is 0. The van der Waals surface area contributed by atoms with E-state index in [1.54, 1.807) is 10.7 Å². The molecule has 2 fully saturated rings. The van der Waals surface area contributed by atoms with Crippen molar-refractivity contribution in [1.29, 1.82) is 0 Å². The second kappa shape index (κ2) is 10.2. The Morgan fingerprint density at radius 3 is 2.58 bits per heavy atom. The molecular formula is C28H32FN5O2. The number of halogens is 1. The van der Waals surface area contributed by atoms with Gasteiger partial charge in [-0.3, -0.25) is 9.59 Å². The van der Waals surface area contributed by atoms with Gasteiger partial charge >= 0.3 is 0 Å². The quantitative estimate of drug-likeness (QED) is 0.488. The molecule has 2 aliphatic rings. The number of carbonyl (C=O) groups excluding carboxylic acids is 2. The average Bonchev–Trinajstić information content (AvgIpc) is 3.52. The van der Waals surface area contributed by atoms with Gasteiger partial charge in [-0.05, 0) is 47.6 Å². The van der Waals surface area contributed by atoms with Gasteiger partial charge in [0.05, 0.1) is 12.2 Å². The number of amides is 2. The Kier molecular flexibility index (Phi) is 6.85. The SMILES string of the molecule is CC(C)c1ccc(CN2CC(CNC(=O)c3nnn(Cc4cccc(F)c4)c3C3CC3)CC2=O)cc1. The van der Waals surface area contributed by atoms with Crippen LogP contribution in [0.1, 0.15) is 77.8 Å². The number of nitrogens with zero attached hydrogens (tertiary/aromatic N) is 4. The first-order chi connectivity index (χ1) is 17.4. The smallest absolute Gasteiger partial charge is 0.273 e. The van der Waals surface area contributed by atoms with Crippen LogP contribution in [0.2, 0.25) is 0 Å². The Balaban J connectivity index is 1.19. The third-order valence-electron chi connectivity index (χ3n) is 7.04. The molecule has 1 aliphatic carbocycles. The Labute approximate surface area is 210 Å². The number of benzene rings is 2. The minimum atomic E-state index is -0.300. The van der Waals surface area contributed by atoms with E-state index < -0.39 is 0 Å². The van der Waals surface area contributed by atoms with Crippen molar-refractivity contribution in [2.24, 2.45) is 5.92 Å². The van der Waals surface area contributed by atoms with Gasteiger partial charge in [0.25, 0.3) is 5.91 Å². The van der Waals surface area contributed by atoms with Crippen LogP contribution in [0.3, 0.4) is 0 Å². The summed E-state index contributed by atoms with van der Waals surface area (Å²) in [4.78, 5) is 27.5. The maximum atomic E-state index is 13.6. The molecule has 36 heavy (non-hydrogen) atoms.